The maximum absolute atomic E-state index is 12.2. The van der Waals surface area contributed by atoms with Gasteiger partial charge in [0.2, 0.25) is 0 Å². The molecule has 0 radical (unpaired) electrons. The van der Waals surface area contributed by atoms with Gasteiger partial charge in [0.25, 0.3) is 5.91 Å². The van der Waals surface area contributed by atoms with E-state index in [4.69, 9.17) is 8.83 Å². The van der Waals surface area contributed by atoms with Gasteiger partial charge in [-0.3, -0.25) is 4.79 Å². The lowest BCUT2D eigenvalue weighted by Crippen LogP contribution is -2.26. The summed E-state index contributed by atoms with van der Waals surface area (Å²) in [6, 6.07) is 3.64. The Balaban J connectivity index is 1.60. The molecule has 0 unspecified atom stereocenters. The zero-order valence-corrected chi connectivity index (χ0v) is 17.1. The van der Waals surface area contributed by atoms with Crippen LogP contribution in [-0.4, -0.2) is 27.3 Å². The topological polar surface area (TPSA) is 118 Å². The number of rotatable bonds is 6. The standard InChI is InChI=1S/C22H25N3O5/c1-22(2,28)16-8-17-19(7-15(16)9-23-20(27)18-11-29-12-24-18)30-21(25-17)14-5-3-13(10-26)4-6-14/h7-8,10-14,28H,3-6,9H2,1-2H3,(H,23,27). The van der Waals surface area contributed by atoms with Crippen molar-refractivity contribution in [3.8, 4) is 0 Å². The van der Waals surface area contributed by atoms with Crippen LogP contribution in [0.5, 0.6) is 0 Å². The Morgan fingerprint density at radius 1 is 1.30 bits per heavy atom. The number of nitrogens with zero attached hydrogens (tertiary/aromatic N) is 2. The molecule has 3 aromatic rings. The van der Waals surface area contributed by atoms with Crippen LogP contribution in [0.1, 0.15) is 73.0 Å². The molecule has 0 atom stereocenters. The number of amides is 1. The van der Waals surface area contributed by atoms with E-state index in [1.807, 2.05) is 12.1 Å². The van der Waals surface area contributed by atoms with Crippen LogP contribution >= 0.6 is 0 Å². The number of carbonyl (C=O) groups excluding carboxylic acids is 2. The normalized spacial score (nSPS) is 19.7. The number of nitrogens with one attached hydrogen (secondary N) is 1. The summed E-state index contributed by atoms with van der Waals surface area (Å²) in [7, 11) is 0. The fraction of sp³-hybridized carbons (Fsp3) is 0.455. The van der Waals surface area contributed by atoms with Gasteiger partial charge < -0.3 is 24.1 Å². The Hall–Kier alpha value is -3.00. The van der Waals surface area contributed by atoms with Crippen LogP contribution in [0.25, 0.3) is 11.1 Å². The summed E-state index contributed by atoms with van der Waals surface area (Å²) in [5.41, 5.74) is 1.75. The molecule has 2 heterocycles. The fourth-order valence-corrected chi connectivity index (χ4v) is 4.02. The lowest BCUT2D eigenvalue weighted by atomic mass is 9.83. The quantitative estimate of drug-likeness (QED) is 0.596. The van der Waals surface area contributed by atoms with E-state index in [1.165, 1.54) is 12.7 Å². The molecule has 1 aromatic carbocycles. The molecule has 30 heavy (non-hydrogen) atoms. The molecule has 2 N–H and O–H groups in total. The molecule has 4 rings (SSSR count). The van der Waals surface area contributed by atoms with Crippen molar-refractivity contribution in [1.82, 2.24) is 15.3 Å². The molecule has 1 fully saturated rings. The van der Waals surface area contributed by atoms with E-state index in [2.05, 4.69) is 15.3 Å². The molecule has 0 aliphatic heterocycles. The van der Waals surface area contributed by atoms with Gasteiger partial charge in [-0.05, 0) is 62.8 Å². The molecule has 0 saturated heterocycles. The first-order valence-electron chi connectivity index (χ1n) is 10.1. The number of fused-ring (bicyclic) bond motifs is 1. The smallest absolute Gasteiger partial charge is 0.273 e. The average Bonchev–Trinajstić information content (AvgIpc) is 3.40. The minimum atomic E-state index is -1.12. The van der Waals surface area contributed by atoms with E-state index in [0.717, 1.165) is 37.5 Å². The lowest BCUT2D eigenvalue weighted by molar-refractivity contribution is -0.112. The number of hydrogen-bond acceptors (Lipinski definition) is 7. The summed E-state index contributed by atoms with van der Waals surface area (Å²) in [6.07, 6.45) is 6.95. The zero-order valence-electron chi connectivity index (χ0n) is 17.1. The zero-order chi connectivity index (χ0) is 21.3. The van der Waals surface area contributed by atoms with Gasteiger partial charge in [-0.15, -0.1) is 0 Å². The first-order valence-corrected chi connectivity index (χ1v) is 10.1. The maximum Gasteiger partial charge on any atom is 0.273 e. The van der Waals surface area contributed by atoms with Gasteiger partial charge in [-0.1, -0.05) is 0 Å². The number of oxazole rings is 2. The van der Waals surface area contributed by atoms with Crippen LogP contribution < -0.4 is 5.32 Å². The highest BCUT2D eigenvalue weighted by atomic mass is 16.3. The molecular weight excluding hydrogens is 386 g/mol. The van der Waals surface area contributed by atoms with E-state index < -0.39 is 5.60 Å². The summed E-state index contributed by atoms with van der Waals surface area (Å²) < 4.78 is 10.9. The first kappa shape index (κ1) is 20.3. The molecule has 1 aliphatic rings. The van der Waals surface area contributed by atoms with Crippen molar-refractivity contribution < 1.29 is 23.5 Å². The van der Waals surface area contributed by atoms with Crippen LogP contribution in [-0.2, 0) is 16.9 Å². The van der Waals surface area contributed by atoms with Gasteiger partial charge in [0, 0.05) is 18.4 Å². The Labute approximate surface area is 173 Å². The molecule has 158 valence electrons. The average molecular weight is 411 g/mol. The first-order chi connectivity index (χ1) is 14.3. The fourth-order valence-electron chi connectivity index (χ4n) is 4.02. The monoisotopic (exact) mass is 411 g/mol. The van der Waals surface area contributed by atoms with Crippen LogP contribution in [0, 0.1) is 5.92 Å². The van der Waals surface area contributed by atoms with Crippen molar-refractivity contribution >= 4 is 23.3 Å². The van der Waals surface area contributed by atoms with E-state index >= 15 is 0 Å². The predicted octanol–water partition coefficient (Wildman–Crippen LogP) is 3.45. The van der Waals surface area contributed by atoms with Gasteiger partial charge in [-0.25, -0.2) is 9.97 Å². The number of benzene rings is 1. The molecule has 1 amide bonds. The molecule has 0 spiro atoms. The lowest BCUT2D eigenvalue weighted by Gasteiger charge is -2.22. The van der Waals surface area contributed by atoms with Crippen LogP contribution in [0.3, 0.4) is 0 Å². The van der Waals surface area contributed by atoms with Crippen LogP contribution in [0.2, 0.25) is 0 Å². The largest absolute Gasteiger partial charge is 0.451 e. The van der Waals surface area contributed by atoms with Crippen molar-refractivity contribution in [3.05, 3.63) is 47.5 Å². The number of aromatic nitrogens is 2. The van der Waals surface area contributed by atoms with Crippen molar-refractivity contribution in [1.29, 1.82) is 0 Å². The SMILES string of the molecule is CC(C)(O)c1cc2nc(C3CCC(C=O)CC3)oc2cc1CNC(=O)c1cocn1. The number of aldehydes is 1. The minimum absolute atomic E-state index is 0.132. The highest BCUT2D eigenvalue weighted by Crippen LogP contribution is 2.37. The highest BCUT2D eigenvalue weighted by molar-refractivity contribution is 5.91. The molecule has 2 aromatic heterocycles. The Kier molecular flexibility index (Phi) is 5.42. The third-order valence-electron chi connectivity index (χ3n) is 5.71. The third-order valence-corrected chi connectivity index (χ3v) is 5.71. The van der Waals surface area contributed by atoms with Crippen LogP contribution in [0.15, 0.2) is 33.6 Å². The summed E-state index contributed by atoms with van der Waals surface area (Å²) >= 11 is 0. The van der Waals surface area contributed by atoms with E-state index in [1.54, 1.807) is 13.8 Å². The minimum Gasteiger partial charge on any atom is -0.451 e. The molecule has 1 saturated carbocycles. The summed E-state index contributed by atoms with van der Waals surface area (Å²) in [4.78, 5) is 31.7. The summed E-state index contributed by atoms with van der Waals surface area (Å²) in [6.45, 7) is 3.58. The third kappa shape index (κ3) is 4.14. The summed E-state index contributed by atoms with van der Waals surface area (Å²) in [5.74, 6) is 0.623. The second-order valence-corrected chi connectivity index (χ2v) is 8.39. The highest BCUT2D eigenvalue weighted by Gasteiger charge is 2.27. The van der Waals surface area contributed by atoms with Crippen LogP contribution in [0.4, 0.5) is 0 Å². The van der Waals surface area contributed by atoms with Crippen molar-refractivity contribution in [2.45, 2.75) is 57.6 Å². The van der Waals surface area contributed by atoms with Crippen molar-refractivity contribution in [2.75, 3.05) is 0 Å². The Bertz CT molecular complexity index is 1040. The van der Waals surface area contributed by atoms with Gasteiger partial charge in [0.1, 0.15) is 18.1 Å². The number of hydrogen-bond donors (Lipinski definition) is 2. The molecule has 1 aliphatic carbocycles. The number of carbonyl (C=O) groups is 2. The van der Waals surface area contributed by atoms with E-state index in [0.29, 0.717) is 22.6 Å². The second kappa shape index (κ2) is 8.02. The maximum atomic E-state index is 12.2. The van der Waals surface area contributed by atoms with Crippen molar-refractivity contribution in [2.24, 2.45) is 5.92 Å². The van der Waals surface area contributed by atoms with Gasteiger partial charge in [-0.2, -0.15) is 0 Å². The second-order valence-electron chi connectivity index (χ2n) is 8.39. The molecule has 8 heteroatoms. The van der Waals surface area contributed by atoms with Gasteiger partial charge in [0.05, 0.1) is 5.60 Å². The van der Waals surface area contributed by atoms with E-state index in [9.17, 15) is 14.7 Å². The van der Waals surface area contributed by atoms with Crippen molar-refractivity contribution in [3.63, 3.8) is 0 Å². The predicted molar refractivity (Wildman–Crippen MR) is 108 cm³/mol. The van der Waals surface area contributed by atoms with Gasteiger partial charge in [0.15, 0.2) is 23.6 Å². The Morgan fingerprint density at radius 2 is 2.07 bits per heavy atom. The number of aliphatic hydroxyl groups is 1. The summed E-state index contributed by atoms with van der Waals surface area (Å²) in [5, 5.41) is 13.5. The molecule has 8 nitrogen and oxygen atoms in total. The van der Waals surface area contributed by atoms with E-state index in [-0.39, 0.29) is 30.0 Å². The van der Waals surface area contributed by atoms with Gasteiger partial charge >= 0.3 is 0 Å². The molecular formula is C22H25N3O5. The Morgan fingerprint density at radius 3 is 2.70 bits per heavy atom. The molecule has 0 bridgehead atoms.